The number of carboxylic acids is 1. The summed E-state index contributed by atoms with van der Waals surface area (Å²) in [6.45, 7) is 8.19. The molecule has 224 valence electrons. The van der Waals surface area contributed by atoms with Crippen molar-refractivity contribution in [2.45, 2.75) is 72.0 Å². The van der Waals surface area contributed by atoms with Crippen LogP contribution in [0, 0.1) is 31.6 Å². The number of aliphatic carboxylic acids is 1. The molecule has 42 heavy (non-hydrogen) atoms. The predicted octanol–water partition coefficient (Wildman–Crippen LogP) is 7.99. The van der Waals surface area contributed by atoms with Gasteiger partial charge in [-0.25, -0.2) is 4.79 Å². The van der Waals surface area contributed by atoms with Crippen molar-refractivity contribution in [3.8, 4) is 11.5 Å². The van der Waals surface area contributed by atoms with Crippen molar-refractivity contribution in [2.75, 3.05) is 6.61 Å². The van der Waals surface area contributed by atoms with Crippen LogP contribution >= 0.6 is 11.6 Å². The van der Waals surface area contributed by atoms with Gasteiger partial charge in [0, 0.05) is 11.4 Å². The standard InChI is InChI=1S/C35H41ClO6/c1-23-16-26(17-24(2)33(23)42-35(3,4)34(38)39)10-13-28-18-27(20-32(37)41-31-8-6-5-7-9-31)19-29(28)22-40-21-25-11-14-30(36)15-12-25/h5-9,11-12,14-17,27-29H,10,13,18-22H2,1-4H3,(H,38,39)/t27?,28-,29+/m1/s1. The van der Waals surface area contributed by atoms with Gasteiger partial charge in [0.2, 0.25) is 0 Å². The van der Waals surface area contributed by atoms with Crippen molar-refractivity contribution >= 4 is 23.5 Å². The number of ether oxygens (including phenoxy) is 3. The maximum Gasteiger partial charge on any atom is 0.347 e. The Kier molecular flexibility index (Phi) is 10.7. The van der Waals surface area contributed by atoms with E-state index in [9.17, 15) is 14.7 Å². The lowest BCUT2D eigenvalue weighted by Gasteiger charge is -2.25. The van der Waals surface area contributed by atoms with Crippen molar-refractivity contribution in [3.63, 3.8) is 0 Å². The summed E-state index contributed by atoms with van der Waals surface area (Å²) in [5.41, 5.74) is 2.82. The fourth-order valence-corrected chi connectivity index (χ4v) is 5.99. The molecule has 1 N–H and O–H groups in total. The van der Waals surface area contributed by atoms with E-state index in [-0.39, 0.29) is 11.9 Å². The summed E-state index contributed by atoms with van der Waals surface area (Å²) >= 11 is 6.02. The van der Waals surface area contributed by atoms with Crippen LogP contribution in [0.2, 0.25) is 5.02 Å². The summed E-state index contributed by atoms with van der Waals surface area (Å²) in [4.78, 5) is 24.3. The number of halogens is 1. The van der Waals surface area contributed by atoms with E-state index in [4.69, 9.17) is 25.8 Å². The molecule has 0 radical (unpaired) electrons. The van der Waals surface area contributed by atoms with Crippen LogP contribution in [0.1, 0.15) is 61.8 Å². The van der Waals surface area contributed by atoms with Gasteiger partial charge in [0.15, 0.2) is 5.60 Å². The third kappa shape index (κ3) is 8.83. The number of rotatable bonds is 13. The molecule has 6 nitrogen and oxygen atoms in total. The minimum atomic E-state index is -1.31. The molecule has 1 fully saturated rings. The molecule has 3 aromatic carbocycles. The summed E-state index contributed by atoms with van der Waals surface area (Å²) in [5.74, 6) is 0.993. The number of benzene rings is 3. The number of hydrogen-bond donors (Lipinski definition) is 1. The molecule has 0 aromatic heterocycles. The van der Waals surface area contributed by atoms with Crippen LogP contribution in [0.3, 0.4) is 0 Å². The summed E-state index contributed by atoms with van der Waals surface area (Å²) < 4.78 is 17.6. The molecule has 0 aliphatic heterocycles. The monoisotopic (exact) mass is 592 g/mol. The quantitative estimate of drug-likeness (QED) is 0.160. The van der Waals surface area contributed by atoms with E-state index < -0.39 is 11.6 Å². The minimum Gasteiger partial charge on any atom is -0.478 e. The molecule has 7 heteroatoms. The van der Waals surface area contributed by atoms with Crippen LogP contribution in [0.25, 0.3) is 0 Å². The molecule has 4 rings (SSSR count). The highest BCUT2D eigenvalue weighted by molar-refractivity contribution is 6.30. The second-order valence-corrected chi connectivity index (χ2v) is 12.4. The fraction of sp³-hybridized carbons (Fsp3) is 0.429. The van der Waals surface area contributed by atoms with Gasteiger partial charge < -0.3 is 19.3 Å². The Morgan fingerprint density at radius 2 is 1.57 bits per heavy atom. The molecular formula is C35H41ClO6. The highest BCUT2D eigenvalue weighted by atomic mass is 35.5. The second kappa shape index (κ2) is 14.2. The molecule has 3 atom stereocenters. The molecule has 0 amide bonds. The maximum absolute atomic E-state index is 12.7. The number of carbonyl (C=O) groups is 2. The molecule has 1 aliphatic carbocycles. The number of carbonyl (C=O) groups excluding carboxylic acids is 1. The number of carboxylic acid groups (broad SMARTS) is 1. The SMILES string of the molecule is Cc1cc(CC[C@@H]2CC(CC(=O)Oc3ccccc3)C[C@H]2COCc2ccc(Cl)cc2)cc(C)c1OC(C)(C)C(=O)O. The Hall–Kier alpha value is -3.35. The highest BCUT2D eigenvalue weighted by Gasteiger charge is 2.35. The first-order valence-electron chi connectivity index (χ1n) is 14.6. The summed E-state index contributed by atoms with van der Waals surface area (Å²) in [5, 5.41) is 10.2. The van der Waals surface area contributed by atoms with E-state index >= 15 is 0 Å². The lowest BCUT2D eigenvalue weighted by Crippen LogP contribution is -2.38. The van der Waals surface area contributed by atoms with Crippen LogP contribution in [0.5, 0.6) is 11.5 Å². The van der Waals surface area contributed by atoms with E-state index in [2.05, 4.69) is 12.1 Å². The Bertz CT molecular complexity index is 1330. The fourth-order valence-electron chi connectivity index (χ4n) is 5.86. The van der Waals surface area contributed by atoms with Crippen molar-refractivity contribution in [3.05, 3.63) is 94.0 Å². The zero-order chi connectivity index (χ0) is 30.3. The topological polar surface area (TPSA) is 82.1 Å². The van der Waals surface area contributed by atoms with Crippen molar-refractivity contribution < 1.29 is 28.9 Å². The zero-order valence-corrected chi connectivity index (χ0v) is 25.7. The van der Waals surface area contributed by atoms with Crippen LogP contribution < -0.4 is 9.47 Å². The zero-order valence-electron chi connectivity index (χ0n) is 24.9. The summed E-state index contributed by atoms with van der Waals surface area (Å²) in [6.07, 6.45) is 4.11. The molecule has 1 unspecified atom stereocenters. The molecule has 0 heterocycles. The second-order valence-electron chi connectivity index (χ2n) is 12.0. The van der Waals surface area contributed by atoms with Gasteiger partial charge in [-0.2, -0.15) is 0 Å². The van der Waals surface area contributed by atoms with Crippen LogP contribution in [-0.4, -0.2) is 29.3 Å². The van der Waals surface area contributed by atoms with Crippen LogP contribution in [-0.2, 0) is 27.4 Å². The Morgan fingerprint density at radius 3 is 2.21 bits per heavy atom. The average molecular weight is 593 g/mol. The predicted molar refractivity (Wildman–Crippen MR) is 164 cm³/mol. The van der Waals surface area contributed by atoms with Crippen LogP contribution in [0.4, 0.5) is 0 Å². The molecule has 3 aromatic rings. The van der Waals surface area contributed by atoms with Gasteiger partial charge in [0.1, 0.15) is 11.5 Å². The Morgan fingerprint density at radius 1 is 0.929 bits per heavy atom. The lowest BCUT2D eigenvalue weighted by molar-refractivity contribution is -0.152. The maximum atomic E-state index is 12.7. The van der Waals surface area contributed by atoms with Gasteiger partial charge in [-0.05, 0) is 118 Å². The molecule has 1 saturated carbocycles. The molecule has 0 saturated heterocycles. The largest absolute Gasteiger partial charge is 0.478 e. The Balaban J connectivity index is 1.40. The molecular weight excluding hydrogens is 552 g/mol. The first kappa shape index (κ1) is 31.6. The first-order chi connectivity index (χ1) is 20.0. The Labute approximate surface area is 254 Å². The number of esters is 1. The van der Waals surface area contributed by atoms with Crippen molar-refractivity contribution in [1.82, 2.24) is 0 Å². The van der Waals surface area contributed by atoms with Crippen molar-refractivity contribution in [1.29, 1.82) is 0 Å². The van der Waals surface area contributed by atoms with E-state index in [1.807, 2.05) is 56.3 Å². The van der Waals surface area contributed by atoms with Gasteiger partial charge in [-0.1, -0.05) is 54.1 Å². The summed E-state index contributed by atoms with van der Waals surface area (Å²) in [7, 11) is 0. The molecule has 0 bridgehead atoms. The average Bonchev–Trinajstić information content (AvgIpc) is 3.32. The minimum absolute atomic E-state index is 0.196. The van der Waals surface area contributed by atoms with E-state index in [0.717, 1.165) is 42.4 Å². The van der Waals surface area contributed by atoms with Gasteiger partial charge in [-0.3, -0.25) is 4.79 Å². The molecule has 0 spiro atoms. The number of para-hydroxylation sites is 1. The first-order valence-corrected chi connectivity index (χ1v) is 15.0. The van der Waals surface area contributed by atoms with E-state index in [1.165, 1.54) is 5.56 Å². The van der Waals surface area contributed by atoms with Gasteiger partial charge in [-0.15, -0.1) is 0 Å². The van der Waals surface area contributed by atoms with Gasteiger partial charge in [0.05, 0.1) is 13.2 Å². The third-order valence-corrected chi connectivity index (χ3v) is 8.33. The third-order valence-electron chi connectivity index (χ3n) is 8.08. The van der Waals surface area contributed by atoms with Gasteiger partial charge >= 0.3 is 11.9 Å². The smallest absolute Gasteiger partial charge is 0.347 e. The van der Waals surface area contributed by atoms with Gasteiger partial charge in [0.25, 0.3) is 0 Å². The van der Waals surface area contributed by atoms with E-state index in [0.29, 0.717) is 48.0 Å². The normalized spacial score (nSPS) is 18.5. The van der Waals surface area contributed by atoms with Crippen molar-refractivity contribution in [2.24, 2.45) is 17.8 Å². The number of hydrogen-bond acceptors (Lipinski definition) is 5. The molecule has 1 aliphatic rings. The highest BCUT2D eigenvalue weighted by Crippen LogP contribution is 2.41. The lowest BCUT2D eigenvalue weighted by atomic mass is 9.89. The number of aryl methyl sites for hydroxylation is 3. The van der Waals surface area contributed by atoms with Crippen LogP contribution in [0.15, 0.2) is 66.7 Å². The summed E-state index contributed by atoms with van der Waals surface area (Å²) in [6, 6.07) is 21.1. The van der Waals surface area contributed by atoms with E-state index in [1.54, 1.807) is 26.0 Å².